The van der Waals surface area contributed by atoms with E-state index >= 15 is 0 Å². The molecule has 2 aliphatic carbocycles. The van der Waals surface area contributed by atoms with E-state index in [9.17, 15) is 23.5 Å². The Morgan fingerprint density at radius 3 is 2.21 bits per heavy atom. The number of alkyl halides is 2. The van der Waals surface area contributed by atoms with Gasteiger partial charge in [0.15, 0.2) is 0 Å². The molecule has 0 unspecified atom stereocenters. The lowest BCUT2D eigenvalue weighted by atomic mass is 9.98. The minimum atomic E-state index is -2.62. The van der Waals surface area contributed by atoms with E-state index in [0.29, 0.717) is 0 Å². The molecule has 0 heterocycles. The standard InChI is InChI=1S/C21H19F2NO4/c22-18(23)9-12-10-21(12,19(25)26)24-20(27)28-11-17-15-7-3-1-5-13(15)14-6-2-4-8-16(14)17/h1-8,12,17-18H,9-11H2,(H,24,27)(H,25,26)/t12-,21-/m1/s1. The van der Waals surface area contributed by atoms with Crippen molar-refractivity contribution in [1.82, 2.24) is 5.32 Å². The molecule has 2 aliphatic rings. The third kappa shape index (κ3) is 3.10. The summed E-state index contributed by atoms with van der Waals surface area (Å²) in [6.07, 6.45) is -4.09. The molecule has 28 heavy (non-hydrogen) atoms. The van der Waals surface area contributed by atoms with Crippen molar-refractivity contribution in [3.63, 3.8) is 0 Å². The zero-order valence-corrected chi connectivity index (χ0v) is 14.9. The first-order valence-corrected chi connectivity index (χ1v) is 9.07. The quantitative estimate of drug-likeness (QED) is 0.785. The Morgan fingerprint density at radius 2 is 1.68 bits per heavy atom. The predicted molar refractivity (Wildman–Crippen MR) is 97.3 cm³/mol. The molecule has 0 saturated heterocycles. The average molecular weight is 387 g/mol. The largest absolute Gasteiger partial charge is 0.479 e. The van der Waals surface area contributed by atoms with Crippen LogP contribution in [0.15, 0.2) is 48.5 Å². The van der Waals surface area contributed by atoms with Crippen LogP contribution < -0.4 is 5.32 Å². The maximum Gasteiger partial charge on any atom is 0.408 e. The van der Waals surface area contributed by atoms with Gasteiger partial charge in [-0.3, -0.25) is 0 Å². The lowest BCUT2D eigenvalue weighted by Gasteiger charge is -2.18. The third-order valence-corrected chi connectivity index (χ3v) is 5.62. The number of fused-ring (bicyclic) bond motifs is 3. The molecule has 2 aromatic rings. The number of rotatable bonds is 6. The molecular formula is C21H19F2NO4. The van der Waals surface area contributed by atoms with Crippen molar-refractivity contribution in [3.8, 4) is 11.1 Å². The Labute approximate surface area is 160 Å². The summed E-state index contributed by atoms with van der Waals surface area (Å²) < 4.78 is 30.5. The number of nitrogens with one attached hydrogen (secondary N) is 1. The van der Waals surface area contributed by atoms with Gasteiger partial charge in [0.2, 0.25) is 6.43 Å². The van der Waals surface area contributed by atoms with Crippen LogP contribution in [0.2, 0.25) is 0 Å². The Kier molecular flexibility index (Phi) is 4.53. The number of hydrogen-bond acceptors (Lipinski definition) is 3. The minimum Gasteiger partial charge on any atom is -0.479 e. The van der Waals surface area contributed by atoms with Gasteiger partial charge in [-0.25, -0.2) is 18.4 Å². The van der Waals surface area contributed by atoms with Gasteiger partial charge in [0, 0.05) is 18.3 Å². The molecule has 0 aromatic heterocycles. The first-order valence-electron chi connectivity index (χ1n) is 9.07. The number of aliphatic carboxylic acids is 1. The number of amides is 1. The molecule has 7 heteroatoms. The van der Waals surface area contributed by atoms with Gasteiger partial charge >= 0.3 is 12.1 Å². The molecule has 4 rings (SSSR count). The SMILES string of the molecule is O=C(N[C@]1(C(=O)O)C[C@H]1CC(F)F)OCC1c2ccccc2-c2ccccc21. The van der Waals surface area contributed by atoms with E-state index in [1.807, 2.05) is 48.5 Å². The van der Waals surface area contributed by atoms with Crippen LogP contribution in [0.5, 0.6) is 0 Å². The van der Waals surface area contributed by atoms with Crippen LogP contribution in [-0.4, -0.2) is 35.7 Å². The van der Waals surface area contributed by atoms with Crippen molar-refractivity contribution in [1.29, 1.82) is 0 Å². The van der Waals surface area contributed by atoms with Gasteiger partial charge in [-0.1, -0.05) is 48.5 Å². The fraction of sp³-hybridized carbons (Fsp3) is 0.333. The van der Waals surface area contributed by atoms with E-state index in [1.54, 1.807) is 0 Å². The topological polar surface area (TPSA) is 75.6 Å². The number of carboxylic acids is 1. The van der Waals surface area contributed by atoms with Gasteiger partial charge in [0.1, 0.15) is 12.1 Å². The Morgan fingerprint density at radius 1 is 1.11 bits per heavy atom. The second kappa shape index (κ2) is 6.89. The number of carboxylic acid groups (broad SMARTS) is 1. The summed E-state index contributed by atoms with van der Waals surface area (Å²) in [5, 5.41) is 11.7. The summed E-state index contributed by atoms with van der Waals surface area (Å²) in [7, 11) is 0. The second-order valence-corrected chi connectivity index (χ2v) is 7.25. The van der Waals surface area contributed by atoms with E-state index in [4.69, 9.17) is 4.74 Å². The molecule has 2 aromatic carbocycles. The summed E-state index contributed by atoms with van der Waals surface area (Å²) in [5.41, 5.74) is 2.57. The van der Waals surface area contributed by atoms with Gasteiger partial charge in [-0.2, -0.15) is 0 Å². The van der Waals surface area contributed by atoms with Crippen molar-refractivity contribution in [2.45, 2.75) is 30.7 Å². The van der Waals surface area contributed by atoms with Gasteiger partial charge in [0.25, 0.3) is 0 Å². The highest BCUT2D eigenvalue weighted by molar-refractivity contribution is 5.88. The highest BCUT2D eigenvalue weighted by atomic mass is 19.3. The zero-order valence-electron chi connectivity index (χ0n) is 14.9. The molecule has 146 valence electrons. The molecule has 1 fully saturated rings. The first-order chi connectivity index (χ1) is 13.4. The van der Waals surface area contributed by atoms with Crippen molar-refractivity contribution in [3.05, 3.63) is 59.7 Å². The molecule has 0 bridgehead atoms. The van der Waals surface area contributed by atoms with E-state index < -0.39 is 36.4 Å². The van der Waals surface area contributed by atoms with Crippen molar-refractivity contribution >= 4 is 12.1 Å². The number of benzene rings is 2. The summed E-state index contributed by atoms with van der Waals surface area (Å²) in [6.45, 7) is 0.0368. The van der Waals surface area contributed by atoms with Crippen LogP contribution in [0.4, 0.5) is 13.6 Å². The number of carbonyl (C=O) groups excluding carboxylic acids is 1. The molecular weight excluding hydrogens is 368 g/mol. The molecule has 2 N–H and O–H groups in total. The van der Waals surface area contributed by atoms with Crippen LogP contribution in [0.25, 0.3) is 11.1 Å². The van der Waals surface area contributed by atoms with Gasteiger partial charge < -0.3 is 15.2 Å². The number of carbonyl (C=O) groups is 2. The van der Waals surface area contributed by atoms with Gasteiger partial charge in [-0.05, 0) is 28.7 Å². The van der Waals surface area contributed by atoms with Crippen LogP contribution in [-0.2, 0) is 9.53 Å². The summed E-state index contributed by atoms with van der Waals surface area (Å²) in [6, 6.07) is 15.7. The van der Waals surface area contributed by atoms with Gasteiger partial charge in [-0.15, -0.1) is 0 Å². The van der Waals surface area contributed by atoms with Crippen LogP contribution in [0.1, 0.15) is 29.9 Å². The number of halogens is 2. The van der Waals surface area contributed by atoms with Crippen LogP contribution in [0.3, 0.4) is 0 Å². The lowest BCUT2D eigenvalue weighted by molar-refractivity contribution is -0.141. The highest BCUT2D eigenvalue weighted by Crippen LogP contribution is 2.48. The van der Waals surface area contributed by atoms with E-state index in [1.165, 1.54) is 0 Å². The average Bonchev–Trinajstić information content (AvgIpc) is 3.24. The normalized spacial score (nSPS) is 22.5. The van der Waals surface area contributed by atoms with E-state index in [-0.39, 0.29) is 18.9 Å². The predicted octanol–water partition coefficient (Wildman–Crippen LogP) is 4.02. The van der Waals surface area contributed by atoms with Crippen LogP contribution >= 0.6 is 0 Å². The van der Waals surface area contributed by atoms with Gasteiger partial charge in [0.05, 0.1) is 0 Å². The Hall–Kier alpha value is -2.96. The van der Waals surface area contributed by atoms with Crippen molar-refractivity contribution < 1.29 is 28.2 Å². The molecule has 1 amide bonds. The van der Waals surface area contributed by atoms with Crippen molar-refractivity contribution in [2.24, 2.45) is 5.92 Å². The molecule has 5 nitrogen and oxygen atoms in total. The summed E-state index contributed by atoms with van der Waals surface area (Å²) >= 11 is 0. The molecule has 0 spiro atoms. The third-order valence-electron chi connectivity index (χ3n) is 5.62. The number of ether oxygens (including phenoxy) is 1. The summed E-state index contributed by atoms with van der Waals surface area (Å²) in [5.74, 6) is -2.26. The minimum absolute atomic E-state index is 0.0170. The van der Waals surface area contributed by atoms with Crippen molar-refractivity contribution in [2.75, 3.05) is 6.61 Å². The van der Waals surface area contributed by atoms with E-state index in [2.05, 4.69) is 5.32 Å². The summed E-state index contributed by atoms with van der Waals surface area (Å²) in [4.78, 5) is 23.7. The van der Waals surface area contributed by atoms with E-state index in [0.717, 1.165) is 22.3 Å². The Bertz CT molecular complexity index is 887. The highest BCUT2D eigenvalue weighted by Gasteiger charge is 2.62. The Balaban J connectivity index is 1.45. The number of alkyl carbamates (subject to hydrolysis) is 1. The monoisotopic (exact) mass is 387 g/mol. The van der Waals surface area contributed by atoms with Crippen LogP contribution in [0, 0.1) is 5.92 Å². The zero-order chi connectivity index (χ0) is 19.9. The lowest BCUT2D eigenvalue weighted by Crippen LogP contribution is -2.45. The molecule has 0 aliphatic heterocycles. The molecule has 0 radical (unpaired) electrons. The second-order valence-electron chi connectivity index (χ2n) is 7.25. The number of hydrogen-bond donors (Lipinski definition) is 2. The maximum atomic E-state index is 12.6. The fourth-order valence-electron chi connectivity index (χ4n) is 4.11. The first kappa shape index (κ1) is 18.4. The molecule has 1 saturated carbocycles. The molecule has 2 atom stereocenters. The maximum absolute atomic E-state index is 12.6. The smallest absolute Gasteiger partial charge is 0.408 e. The fourth-order valence-corrected chi connectivity index (χ4v) is 4.11.